The molecule has 2 amide bonds. The summed E-state index contributed by atoms with van der Waals surface area (Å²) in [7, 11) is 0. The van der Waals surface area contributed by atoms with Crippen molar-refractivity contribution in [2.24, 2.45) is 16.5 Å². The van der Waals surface area contributed by atoms with Gasteiger partial charge in [0.15, 0.2) is 5.96 Å². The summed E-state index contributed by atoms with van der Waals surface area (Å²) in [5.74, 6) is -0.524. The van der Waals surface area contributed by atoms with Crippen molar-refractivity contribution >= 4 is 17.7 Å². The number of halogens is 3. The Bertz CT molecular complexity index is 522. The van der Waals surface area contributed by atoms with Crippen LogP contribution in [0.25, 0.3) is 0 Å². The van der Waals surface area contributed by atoms with Crippen molar-refractivity contribution in [1.29, 1.82) is 0 Å². The van der Waals surface area contributed by atoms with E-state index in [1.807, 2.05) is 6.92 Å². The third-order valence-corrected chi connectivity index (χ3v) is 2.44. The lowest BCUT2D eigenvalue weighted by Gasteiger charge is -2.16. The van der Waals surface area contributed by atoms with Crippen LogP contribution in [0.1, 0.15) is 24.5 Å². The molecule has 110 valence electrons. The highest BCUT2D eigenvalue weighted by Gasteiger charge is 2.34. The Hall–Kier alpha value is -2.25. The van der Waals surface area contributed by atoms with Crippen LogP contribution in [0.5, 0.6) is 0 Å². The molecule has 0 heterocycles. The van der Waals surface area contributed by atoms with Crippen molar-refractivity contribution in [3.05, 3.63) is 29.3 Å². The number of carbonyl (C=O) groups is 1. The van der Waals surface area contributed by atoms with E-state index in [1.54, 1.807) is 0 Å². The van der Waals surface area contributed by atoms with E-state index >= 15 is 0 Å². The monoisotopic (exact) mass is 288 g/mol. The predicted octanol–water partition coefficient (Wildman–Crippen LogP) is 2.46. The van der Waals surface area contributed by atoms with E-state index in [0.717, 1.165) is 6.07 Å². The maximum atomic E-state index is 12.9. The highest BCUT2D eigenvalue weighted by Crippen LogP contribution is 2.37. The molecule has 20 heavy (non-hydrogen) atoms. The first-order valence-corrected chi connectivity index (χ1v) is 5.85. The average molecular weight is 288 g/mol. The van der Waals surface area contributed by atoms with Crippen molar-refractivity contribution in [1.82, 2.24) is 0 Å². The third-order valence-electron chi connectivity index (χ3n) is 2.44. The Morgan fingerprint density at radius 1 is 1.35 bits per heavy atom. The average Bonchev–Trinajstić information content (AvgIpc) is 2.29. The van der Waals surface area contributed by atoms with E-state index in [4.69, 9.17) is 11.5 Å². The van der Waals surface area contributed by atoms with Crippen LogP contribution in [0.2, 0.25) is 0 Å². The van der Waals surface area contributed by atoms with Crippen molar-refractivity contribution in [2.45, 2.75) is 25.9 Å². The number of rotatable bonds is 3. The van der Waals surface area contributed by atoms with Gasteiger partial charge in [-0.3, -0.25) is 0 Å². The van der Waals surface area contributed by atoms with E-state index in [0.29, 0.717) is 18.4 Å². The molecule has 1 aromatic rings. The van der Waals surface area contributed by atoms with Crippen LogP contribution in [0, 0.1) is 0 Å². The second-order valence-electron chi connectivity index (χ2n) is 4.05. The molecule has 8 heteroatoms. The van der Waals surface area contributed by atoms with Crippen LogP contribution < -0.4 is 16.8 Å². The number of nitrogens with two attached hydrogens (primary N) is 2. The maximum Gasteiger partial charge on any atom is 0.418 e. The molecule has 0 fully saturated rings. The van der Waals surface area contributed by atoms with Crippen molar-refractivity contribution in [2.75, 3.05) is 5.32 Å². The van der Waals surface area contributed by atoms with E-state index in [-0.39, 0.29) is 5.69 Å². The Balaban J connectivity index is 3.25. The number of urea groups is 1. The molecule has 5 nitrogen and oxygen atoms in total. The van der Waals surface area contributed by atoms with Crippen LogP contribution >= 0.6 is 0 Å². The topological polar surface area (TPSA) is 93.5 Å². The summed E-state index contributed by atoms with van der Waals surface area (Å²) in [6.45, 7) is 1.82. The van der Waals surface area contributed by atoms with Crippen molar-refractivity contribution < 1.29 is 18.0 Å². The largest absolute Gasteiger partial charge is 0.418 e. The number of para-hydroxylation sites is 1. The lowest BCUT2D eigenvalue weighted by Crippen LogP contribution is -2.26. The maximum absolute atomic E-state index is 12.9. The quantitative estimate of drug-likeness (QED) is 0.589. The van der Waals surface area contributed by atoms with Gasteiger partial charge in [0.05, 0.1) is 11.3 Å². The van der Waals surface area contributed by atoms with E-state index in [2.05, 4.69) is 10.3 Å². The van der Waals surface area contributed by atoms with Gasteiger partial charge in [0.25, 0.3) is 0 Å². The number of nitrogens with one attached hydrogen (secondary N) is 1. The number of hydrogen-bond acceptors (Lipinski definition) is 1. The number of anilines is 1. The van der Waals surface area contributed by atoms with E-state index < -0.39 is 23.7 Å². The van der Waals surface area contributed by atoms with Crippen LogP contribution in [-0.2, 0) is 12.6 Å². The number of benzene rings is 1. The van der Waals surface area contributed by atoms with Gasteiger partial charge in [-0.15, -0.1) is 0 Å². The fourth-order valence-electron chi connectivity index (χ4n) is 1.71. The molecule has 0 bridgehead atoms. The minimum Gasteiger partial charge on any atom is -0.370 e. The molecule has 0 spiro atoms. The van der Waals surface area contributed by atoms with Gasteiger partial charge in [-0.2, -0.15) is 18.2 Å². The van der Waals surface area contributed by atoms with Crippen LogP contribution in [0.3, 0.4) is 0 Å². The Labute approximate surface area is 113 Å². The van der Waals surface area contributed by atoms with Gasteiger partial charge in [-0.05, 0) is 18.1 Å². The first-order valence-electron chi connectivity index (χ1n) is 5.85. The summed E-state index contributed by atoms with van der Waals surface area (Å²) < 4.78 is 38.8. The number of aryl methyl sites for hydroxylation is 1. The molecule has 0 aromatic heterocycles. The number of alkyl halides is 3. The Morgan fingerprint density at radius 3 is 2.50 bits per heavy atom. The summed E-state index contributed by atoms with van der Waals surface area (Å²) in [5.41, 5.74) is 9.16. The highest BCUT2D eigenvalue weighted by atomic mass is 19.4. The molecule has 0 aliphatic heterocycles. The number of aliphatic imine (C=N–C) groups is 1. The zero-order valence-corrected chi connectivity index (χ0v) is 10.8. The molecule has 0 saturated carbocycles. The molecule has 0 saturated heterocycles. The number of carbonyl (C=O) groups excluding carboxylic acids is 1. The highest BCUT2D eigenvalue weighted by molar-refractivity contribution is 5.99. The molecule has 0 unspecified atom stereocenters. The number of nitrogens with zero attached hydrogens (tertiary/aromatic N) is 1. The third kappa shape index (κ3) is 4.15. The first kappa shape index (κ1) is 15.8. The summed E-state index contributed by atoms with van der Waals surface area (Å²) in [4.78, 5) is 14.6. The molecule has 0 atom stereocenters. The smallest absolute Gasteiger partial charge is 0.370 e. The van der Waals surface area contributed by atoms with Gasteiger partial charge in [0, 0.05) is 0 Å². The summed E-state index contributed by atoms with van der Waals surface area (Å²) in [5, 5.41) is 2.10. The Kier molecular flexibility index (Phi) is 4.95. The zero-order chi connectivity index (χ0) is 15.3. The molecule has 5 N–H and O–H groups in total. The van der Waals surface area contributed by atoms with Crippen LogP contribution in [-0.4, -0.2) is 12.0 Å². The molecule has 1 aromatic carbocycles. The van der Waals surface area contributed by atoms with Crippen molar-refractivity contribution in [3.8, 4) is 0 Å². The lowest BCUT2D eigenvalue weighted by atomic mass is 10.0. The fourth-order valence-corrected chi connectivity index (χ4v) is 1.71. The number of hydrogen-bond donors (Lipinski definition) is 3. The minimum atomic E-state index is -4.58. The summed E-state index contributed by atoms with van der Waals surface area (Å²) in [6, 6.07) is 2.66. The van der Waals surface area contributed by atoms with Crippen LogP contribution in [0.4, 0.5) is 23.7 Å². The standard InChI is InChI=1S/C12H15F3N4O/c1-2-4-7-5-3-6-8(12(13,14)15)9(7)18-11(20)19-10(16)17/h3,5-6H,2,4H2,1H3,(H5,16,17,18,19,20). The molecule has 1 rings (SSSR count). The molecular weight excluding hydrogens is 273 g/mol. The summed E-state index contributed by atoms with van der Waals surface area (Å²) >= 11 is 0. The lowest BCUT2D eigenvalue weighted by molar-refractivity contribution is -0.136. The molecule has 0 aliphatic carbocycles. The van der Waals surface area contributed by atoms with Gasteiger partial charge in [0.2, 0.25) is 0 Å². The van der Waals surface area contributed by atoms with E-state index in [9.17, 15) is 18.0 Å². The second kappa shape index (κ2) is 6.27. The number of guanidine groups is 1. The first-order chi connectivity index (χ1) is 9.25. The molecule has 0 radical (unpaired) electrons. The zero-order valence-electron chi connectivity index (χ0n) is 10.8. The van der Waals surface area contributed by atoms with Gasteiger partial charge in [-0.1, -0.05) is 25.5 Å². The van der Waals surface area contributed by atoms with Gasteiger partial charge >= 0.3 is 12.2 Å². The molecule has 0 aliphatic rings. The minimum absolute atomic E-state index is 0.308. The van der Waals surface area contributed by atoms with Crippen molar-refractivity contribution in [3.63, 3.8) is 0 Å². The summed E-state index contributed by atoms with van der Waals surface area (Å²) in [6.07, 6.45) is -3.56. The van der Waals surface area contributed by atoms with Gasteiger partial charge < -0.3 is 16.8 Å². The van der Waals surface area contributed by atoms with Gasteiger partial charge in [-0.25, -0.2) is 4.79 Å². The SMILES string of the molecule is CCCc1cccc(C(F)(F)F)c1NC(=O)N=C(N)N. The number of amides is 2. The molecular formula is C12H15F3N4O. The fraction of sp³-hybridized carbons (Fsp3) is 0.333. The van der Waals surface area contributed by atoms with Gasteiger partial charge in [0.1, 0.15) is 0 Å². The Morgan fingerprint density at radius 2 is 2.00 bits per heavy atom. The predicted molar refractivity (Wildman–Crippen MR) is 70.3 cm³/mol. The second-order valence-corrected chi connectivity index (χ2v) is 4.05. The van der Waals surface area contributed by atoms with E-state index in [1.165, 1.54) is 12.1 Å². The van der Waals surface area contributed by atoms with Crippen LogP contribution in [0.15, 0.2) is 23.2 Å². The normalized spacial score (nSPS) is 11.0.